The maximum Gasteiger partial charge on any atom is 0.135 e. The molecule has 3 aromatic rings. The van der Waals surface area contributed by atoms with Crippen LogP contribution in [0.1, 0.15) is 18.5 Å². The summed E-state index contributed by atoms with van der Waals surface area (Å²) in [6, 6.07) is 11.5. The van der Waals surface area contributed by atoms with Crippen molar-refractivity contribution >= 4 is 10.8 Å². The first-order valence-electron chi connectivity index (χ1n) is 6.09. The van der Waals surface area contributed by atoms with Gasteiger partial charge in [-0.2, -0.15) is 0 Å². The van der Waals surface area contributed by atoms with Crippen molar-refractivity contribution in [3.63, 3.8) is 0 Å². The van der Waals surface area contributed by atoms with Gasteiger partial charge in [-0.1, -0.05) is 18.2 Å². The topological polar surface area (TPSA) is 39.2 Å². The Bertz CT molecular complexity index is 730. The molecule has 95 valence electrons. The van der Waals surface area contributed by atoms with Crippen molar-refractivity contribution < 1.29 is 8.81 Å². The molecule has 2 aromatic carbocycles. The van der Waals surface area contributed by atoms with Crippen LogP contribution in [-0.4, -0.2) is 0 Å². The molecule has 0 saturated carbocycles. The molecule has 0 aliphatic rings. The van der Waals surface area contributed by atoms with Gasteiger partial charge in [0, 0.05) is 27.9 Å². The molecule has 0 saturated heterocycles. The molecule has 2 N–H and O–H groups in total. The summed E-state index contributed by atoms with van der Waals surface area (Å²) in [7, 11) is 0. The van der Waals surface area contributed by atoms with Crippen LogP contribution in [0.5, 0.6) is 0 Å². The average Bonchev–Trinajstić information content (AvgIpc) is 2.87. The molecule has 0 spiro atoms. The molecular weight excluding hydrogens is 241 g/mol. The molecule has 19 heavy (non-hydrogen) atoms. The molecule has 1 aromatic heterocycles. The van der Waals surface area contributed by atoms with Gasteiger partial charge in [-0.15, -0.1) is 0 Å². The van der Waals surface area contributed by atoms with E-state index in [2.05, 4.69) is 6.07 Å². The van der Waals surface area contributed by atoms with Crippen LogP contribution in [0.25, 0.3) is 21.9 Å². The standard InChI is InChI=1S/C16H13FNO/c1-10(18)12-5-3-7-14(16(12)17)13-6-2-4-11-8-19-9-15(11)13/h3-10H,18H2,1H3/t10-/m1/s1. The second-order valence-corrected chi connectivity index (χ2v) is 4.61. The summed E-state index contributed by atoms with van der Waals surface area (Å²) in [6.45, 7) is 1.77. The zero-order valence-electron chi connectivity index (χ0n) is 10.5. The largest absolute Gasteiger partial charge is 0.471 e. The van der Waals surface area contributed by atoms with Gasteiger partial charge in [-0.25, -0.2) is 4.39 Å². The SMILES string of the molecule is C[C@@H](N)c1cccc(-c2c[c]cc3cocc23)c1F. The Morgan fingerprint density at radius 1 is 1.21 bits per heavy atom. The summed E-state index contributed by atoms with van der Waals surface area (Å²) in [5.74, 6) is -0.278. The van der Waals surface area contributed by atoms with E-state index in [9.17, 15) is 4.39 Å². The third-order valence-corrected chi connectivity index (χ3v) is 3.26. The Morgan fingerprint density at radius 2 is 2.05 bits per heavy atom. The zero-order chi connectivity index (χ0) is 13.4. The number of furan rings is 1. The second kappa shape index (κ2) is 4.52. The highest BCUT2D eigenvalue weighted by atomic mass is 19.1. The van der Waals surface area contributed by atoms with Crippen LogP contribution in [0.2, 0.25) is 0 Å². The van der Waals surface area contributed by atoms with Crippen molar-refractivity contribution in [2.75, 3.05) is 0 Å². The molecule has 0 aliphatic carbocycles. The lowest BCUT2D eigenvalue weighted by atomic mass is 9.97. The van der Waals surface area contributed by atoms with Gasteiger partial charge in [-0.05, 0) is 30.7 Å². The van der Waals surface area contributed by atoms with Crippen molar-refractivity contribution in [2.24, 2.45) is 5.73 Å². The van der Waals surface area contributed by atoms with Gasteiger partial charge in [0.25, 0.3) is 0 Å². The van der Waals surface area contributed by atoms with Crippen molar-refractivity contribution in [1.82, 2.24) is 0 Å². The fraction of sp³-hybridized carbons (Fsp3) is 0.125. The number of halogens is 1. The molecule has 1 atom stereocenters. The normalized spacial score (nSPS) is 12.8. The van der Waals surface area contributed by atoms with Crippen LogP contribution >= 0.6 is 0 Å². The summed E-state index contributed by atoms with van der Waals surface area (Å²) in [4.78, 5) is 0. The summed E-state index contributed by atoms with van der Waals surface area (Å²) in [5, 5.41) is 1.78. The van der Waals surface area contributed by atoms with Crippen LogP contribution < -0.4 is 5.73 Å². The van der Waals surface area contributed by atoms with Crippen LogP contribution in [0.4, 0.5) is 4.39 Å². The molecule has 2 nitrogen and oxygen atoms in total. The number of benzene rings is 2. The van der Waals surface area contributed by atoms with E-state index in [1.807, 2.05) is 12.1 Å². The highest BCUT2D eigenvalue weighted by Gasteiger charge is 2.14. The van der Waals surface area contributed by atoms with Crippen molar-refractivity contribution in [1.29, 1.82) is 0 Å². The minimum atomic E-state index is -0.340. The summed E-state index contributed by atoms with van der Waals surface area (Å²) in [5.41, 5.74) is 7.60. The van der Waals surface area contributed by atoms with Gasteiger partial charge in [-0.3, -0.25) is 0 Å². The predicted molar refractivity (Wildman–Crippen MR) is 73.0 cm³/mol. The lowest BCUT2D eigenvalue weighted by Gasteiger charge is -2.11. The number of hydrogen-bond acceptors (Lipinski definition) is 2. The maximum atomic E-state index is 14.5. The quantitative estimate of drug-likeness (QED) is 0.749. The van der Waals surface area contributed by atoms with Crippen LogP contribution in [-0.2, 0) is 0 Å². The van der Waals surface area contributed by atoms with E-state index >= 15 is 0 Å². The third-order valence-electron chi connectivity index (χ3n) is 3.26. The maximum absolute atomic E-state index is 14.5. The summed E-state index contributed by atoms with van der Waals surface area (Å²) in [6.07, 6.45) is 3.25. The molecule has 0 bridgehead atoms. The third kappa shape index (κ3) is 1.92. The fourth-order valence-corrected chi connectivity index (χ4v) is 2.26. The van der Waals surface area contributed by atoms with Gasteiger partial charge in [0.2, 0.25) is 0 Å². The van der Waals surface area contributed by atoms with Crippen LogP contribution in [0.15, 0.2) is 47.3 Å². The highest BCUT2D eigenvalue weighted by Crippen LogP contribution is 2.32. The Kier molecular flexibility index (Phi) is 2.84. The van der Waals surface area contributed by atoms with E-state index in [-0.39, 0.29) is 11.9 Å². The lowest BCUT2D eigenvalue weighted by molar-refractivity contribution is 0.572. The van der Waals surface area contributed by atoms with E-state index < -0.39 is 0 Å². The van der Waals surface area contributed by atoms with E-state index in [0.29, 0.717) is 11.1 Å². The summed E-state index contributed by atoms with van der Waals surface area (Å²) < 4.78 is 19.7. The smallest absolute Gasteiger partial charge is 0.135 e. The molecule has 3 rings (SSSR count). The molecule has 1 heterocycles. The van der Waals surface area contributed by atoms with Gasteiger partial charge in [0.15, 0.2) is 0 Å². The monoisotopic (exact) mass is 254 g/mol. The van der Waals surface area contributed by atoms with Gasteiger partial charge >= 0.3 is 0 Å². The van der Waals surface area contributed by atoms with E-state index in [1.54, 1.807) is 37.6 Å². The Morgan fingerprint density at radius 3 is 2.84 bits per heavy atom. The average molecular weight is 254 g/mol. The van der Waals surface area contributed by atoms with E-state index in [1.165, 1.54) is 0 Å². The first-order chi connectivity index (χ1) is 9.18. The van der Waals surface area contributed by atoms with E-state index in [4.69, 9.17) is 10.2 Å². The molecule has 0 aliphatic heterocycles. The molecule has 1 radical (unpaired) electrons. The Labute approximate surface area is 110 Å². The highest BCUT2D eigenvalue weighted by molar-refractivity contribution is 5.95. The second-order valence-electron chi connectivity index (χ2n) is 4.61. The molecule has 0 amide bonds. The van der Waals surface area contributed by atoms with Gasteiger partial charge in [0.05, 0.1) is 12.5 Å². The summed E-state index contributed by atoms with van der Waals surface area (Å²) >= 11 is 0. The van der Waals surface area contributed by atoms with Gasteiger partial charge < -0.3 is 10.2 Å². The Hall–Kier alpha value is -2.13. The molecule has 0 fully saturated rings. The predicted octanol–water partition coefficient (Wildman–Crippen LogP) is 4.06. The van der Waals surface area contributed by atoms with Crippen LogP contribution in [0, 0.1) is 11.9 Å². The molecule has 3 heteroatoms. The number of hydrogen-bond donors (Lipinski definition) is 1. The molecular formula is C16H13FNO. The van der Waals surface area contributed by atoms with Crippen molar-refractivity contribution in [3.05, 3.63) is 60.3 Å². The first kappa shape index (κ1) is 11.9. The number of fused-ring (bicyclic) bond motifs is 1. The van der Waals surface area contributed by atoms with Crippen molar-refractivity contribution in [2.45, 2.75) is 13.0 Å². The van der Waals surface area contributed by atoms with E-state index in [0.717, 1.165) is 16.3 Å². The Balaban J connectivity index is 2.27. The fourth-order valence-electron chi connectivity index (χ4n) is 2.26. The minimum absolute atomic E-state index is 0.278. The van der Waals surface area contributed by atoms with Crippen molar-refractivity contribution in [3.8, 4) is 11.1 Å². The minimum Gasteiger partial charge on any atom is -0.471 e. The number of nitrogens with two attached hydrogens (primary N) is 1. The zero-order valence-corrected chi connectivity index (χ0v) is 10.5. The molecule has 0 unspecified atom stereocenters. The first-order valence-corrected chi connectivity index (χ1v) is 6.09. The number of rotatable bonds is 2. The van der Waals surface area contributed by atoms with Gasteiger partial charge in [0.1, 0.15) is 5.82 Å². The lowest BCUT2D eigenvalue weighted by Crippen LogP contribution is -2.08. The van der Waals surface area contributed by atoms with Crippen LogP contribution in [0.3, 0.4) is 0 Å².